The van der Waals surface area contributed by atoms with E-state index in [0.29, 0.717) is 17.7 Å². The zero-order valence-electron chi connectivity index (χ0n) is 17.2. The average Bonchev–Trinajstić information content (AvgIpc) is 2.72. The smallest absolute Gasteiger partial charge is 0.224 e. The normalized spacial score (nSPS) is 11.6. The summed E-state index contributed by atoms with van der Waals surface area (Å²) in [5.74, 6) is -1.10. The van der Waals surface area contributed by atoms with Crippen molar-refractivity contribution < 1.29 is 18.4 Å². The van der Waals surface area contributed by atoms with Crippen LogP contribution in [0.3, 0.4) is 0 Å². The summed E-state index contributed by atoms with van der Waals surface area (Å²) in [4.78, 5) is 24.3. The van der Waals surface area contributed by atoms with Crippen LogP contribution in [0.4, 0.5) is 8.78 Å². The molecule has 0 saturated heterocycles. The molecule has 0 aliphatic carbocycles. The van der Waals surface area contributed by atoms with E-state index in [1.807, 2.05) is 31.2 Å². The van der Waals surface area contributed by atoms with Gasteiger partial charge in [-0.25, -0.2) is 8.78 Å². The molecule has 0 spiro atoms. The molecule has 1 atom stereocenters. The molecule has 3 aromatic rings. The van der Waals surface area contributed by atoms with Gasteiger partial charge in [-0.3, -0.25) is 9.59 Å². The van der Waals surface area contributed by atoms with Crippen molar-refractivity contribution in [3.05, 3.63) is 107 Å². The zero-order valence-corrected chi connectivity index (χ0v) is 17.2. The summed E-state index contributed by atoms with van der Waals surface area (Å²) in [7, 11) is 0. The Bertz CT molecular complexity index is 1050. The number of halogens is 2. The molecule has 0 aliphatic heterocycles. The molecule has 3 aromatic carbocycles. The molecule has 31 heavy (non-hydrogen) atoms. The minimum atomic E-state index is -0.364. The van der Waals surface area contributed by atoms with Gasteiger partial charge >= 0.3 is 0 Å². The van der Waals surface area contributed by atoms with Crippen LogP contribution in [0.5, 0.6) is 0 Å². The van der Waals surface area contributed by atoms with Crippen molar-refractivity contribution in [1.29, 1.82) is 0 Å². The summed E-state index contributed by atoms with van der Waals surface area (Å²) in [5.41, 5.74) is 3.07. The third-order valence-electron chi connectivity index (χ3n) is 4.85. The van der Waals surface area contributed by atoms with Gasteiger partial charge in [0.05, 0.1) is 18.9 Å². The number of hydrogen-bond acceptors (Lipinski definition) is 2. The molecule has 2 N–H and O–H groups in total. The molecular formula is C25H24F2N2O2. The Hall–Kier alpha value is -3.54. The van der Waals surface area contributed by atoms with Crippen LogP contribution in [0.25, 0.3) is 0 Å². The number of carbonyl (C=O) groups is 2. The average molecular weight is 422 g/mol. The van der Waals surface area contributed by atoms with Crippen molar-refractivity contribution >= 4 is 11.8 Å². The van der Waals surface area contributed by atoms with Crippen LogP contribution < -0.4 is 10.6 Å². The van der Waals surface area contributed by atoms with Gasteiger partial charge in [-0.1, -0.05) is 48.5 Å². The maximum absolute atomic E-state index is 13.2. The van der Waals surface area contributed by atoms with Gasteiger partial charge in [0.1, 0.15) is 11.6 Å². The minimum Gasteiger partial charge on any atom is -0.352 e. The van der Waals surface area contributed by atoms with E-state index < -0.39 is 0 Å². The maximum atomic E-state index is 13.2. The second kappa shape index (κ2) is 10.5. The summed E-state index contributed by atoms with van der Waals surface area (Å²) in [6, 6.07) is 19.3. The van der Waals surface area contributed by atoms with Gasteiger partial charge < -0.3 is 10.6 Å². The first kappa shape index (κ1) is 22.2. The summed E-state index contributed by atoms with van der Waals surface area (Å²) in [6.45, 7) is 2.23. The molecule has 2 amide bonds. The van der Waals surface area contributed by atoms with Crippen molar-refractivity contribution in [1.82, 2.24) is 10.6 Å². The predicted octanol–water partition coefficient (Wildman–Crippen LogP) is 4.24. The number of amides is 2. The lowest BCUT2D eigenvalue weighted by molar-refractivity contribution is -0.121. The number of rotatable bonds is 8. The van der Waals surface area contributed by atoms with Crippen molar-refractivity contribution in [2.75, 3.05) is 0 Å². The Morgan fingerprint density at radius 1 is 0.774 bits per heavy atom. The Balaban J connectivity index is 1.47. The monoisotopic (exact) mass is 422 g/mol. The minimum absolute atomic E-state index is 0.109. The molecule has 0 radical (unpaired) electrons. The molecule has 0 fully saturated rings. The van der Waals surface area contributed by atoms with Crippen LogP contribution in [0.2, 0.25) is 0 Å². The molecule has 0 aliphatic rings. The van der Waals surface area contributed by atoms with Crippen LogP contribution in [0, 0.1) is 11.6 Å². The lowest BCUT2D eigenvalue weighted by Crippen LogP contribution is -2.28. The van der Waals surface area contributed by atoms with E-state index in [-0.39, 0.29) is 42.3 Å². The number of carbonyl (C=O) groups excluding carboxylic acids is 2. The lowest BCUT2D eigenvalue weighted by Gasteiger charge is -2.15. The maximum Gasteiger partial charge on any atom is 0.224 e. The van der Waals surface area contributed by atoms with E-state index in [9.17, 15) is 18.4 Å². The van der Waals surface area contributed by atoms with Crippen LogP contribution in [0.1, 0.15) is 35.2 Å². The number of nitrogens with one attached hydrogen (secondary N) is 2. The van der Waals surface area contributed by atoms with E-state index in [4.69, 9.17) is 0 Å². The second-order valence-corrected chi connectivity index (χ2v) is 7.42. The topological polar surface area (TPSA) is 58.2 Å². The Morgan fingerprint density at radius 3 is 1.87 bits per heavy atom. The van der Waals surface area contributed by atoms with Gasteiger partial charge in [0, 0.05) is 6.54 Å². The van der Waals surface area contributed by atoms with Crippen molar-refractivity contribution in [2.45, 2.75) is 32.4 Å². The number of hydrogen-bond donors (Lipinski definition) is 2. The van der Waals surface area contributed by atoms with Gasteiger partial charge in [-0.05, 0) is 53.4 Å². The third-order valence-corrected chi connectivity index (χ3v) is 4.85. The zero-order chi connectivity index (χ0) is 22.2. The van der Waals surface area contributed by atoms with Crippen LogP contribution in [-0.4, -0.2) is 11.8 Å². The van der Waals surface area contributed by atoms with E-state index >= 15 is 0 Å². The molecule has 3 rings (SSSR count). The highest BCUT2D eigenvalue weighted by Gasteiger charge is 2.11. The highest BCUT2D eigenvalue weighted by atomic mass is 19.1. The number of benzene rings is 3. The third kappa shape index (κ3) is 7.03. The summed E-state index contributed by atoms with van der Waals surface area (Å²) in [5, 5.41) is 5.72. The first-order valence-corrected chi connectivity index (χ1v) is 10.0. The molecular weight excluding hydrogens is 398 g/mol. The molecule has 0 aromatic heterocycles. The quantitative estimate of drug-likeness (QED) is 0.570. The fourth-order valence-electron chi connectivity index (χ4n) is 3.23. The molecule has 0 bridgehead atoms. The first-order valence-electron chi connectivity index (χ1n) is 10.0. The summed E-state index contributed by atoms with van der Waals surface area (Å²) < 4.78 is 26.5. The van der Waals surface area contributed by atoms with Gasteiger partial charge in [0.2, 0.25) is 11.8 Å². The fraction of sp³-hybridized carbons (Fsp3) is 0.200. The fourth-order valence-corrected chi connectivity index (χ4v) is 3.23. The van der Waals surface area contributed by atoms with E-state index in [1.165, 1.54) is 24.3 Å². The molecule has 6 heteroatoms. The highest BCUT2D eigenvalue weighted by molar-refractivity contribution is 5.79. The molecule has 0 heterocycles. The van der Waals surface area contributed by atoms with E-state index in [0.717, 1.165) is 11.1 Å². The first-order chi connectivity index (χ1) is 14.9. The standard InChI is InChI=1S/C25H24F2N2O2/c1-17(29-25(31)15-20-5-3-7-23(27)13-20)21-10-8-18(9-11-21)16-28-24(30)14-19-4-2-6-22(26)12-19/h2-13,17H,14-16H2,1H3,(H,28,30)(H,29,31)/t17-/m1/s1. The molecule has 160 valence electrons. The van der Waals surface area contributed by atoms with Crippen molar-refractivity contribution in [2.24, 2.45) is 0 Å². The van der Waals surface area contributed by atoms with Crippen LogP contribution in [-0.2, 0) is 29.0 Å². The van der Waals surface area contributed by atoms with Gasteiger partial charge in [0.25, 0.3) is 0 Å². The van der Waals surface area contributed by atoms with Gasteiger partial charge in [-0.2, -0.15) is 0 Å². The molecule has 0 unspecified atom stereocenters. The van der Waals surface area contributed by atoms with E-state index in [2.05, 4.69) is 10.6 Å². The largest absolute Gasteiger partial charge is 0.352 e. The second-order valence-electron chi connectivity index (χ2n) is 7.42. The van der Waals surface area contributed by atoms with Crippen molar-refractivity contribution in [3.63, 3.8) is 0 Å². The highest BCUT2D eigenvalue weighted by Crippen LogP contribution is 2.14. The molecule has 0 saturated carbocycles. The Labute approximate surface area is 180 Å². The van der Waals surface area contributed by atoms with Crippen LogP contribution >= 0.6 is 0 Å². The van der Waals surface area contributed by atoms with Crippen LogP contribution in [0.15, 0.2) is 72.8 Å². The summed E-state index contributed by atoms with van der Waals surface area (Å²) >= 11 is 0. The Kier molecular flexibility index (Phi) is 7.49. The SMILES string of the molecule is C[C@@H](NC(=O)Cc1cccc(F)c1)c1ccc(CNC(=O)Cc2cccc(F)c2)cc1. The van der Waals surface area contributed by atoms with Gasteiger partial charge in [-0.15, -0.1) is 0 Å². The molecule has 4 nitrogen and oxygen atoms in total. The van der Waals surface area contributed by atoms with E-state index in [1.54, 1.807) is 24.3 Å². The Morgan fingerprint density at radius 2 is 1.32 bits per heavy atom. The summed E-state index contributed by atoms with van der Waals surface area (Å²) in [6.07, 6.45) is 0.224. The van der Waals surface area contributed by atoms with Gasteiger partial charge in [0.15, 0.2) is 0 Å². The lowest BCUT2D eigenvalue weighted by atomic mass is 10.1. The van der Waals surface area contributed by atoms with Crippen molar-refractivity contribution in [3.8, 4) is 0 Å². The predicted molar refractivity (Wildman–Crippen MR) is 115 cm³/mol.